The van der Waals surface area contributed by atoms with Crippen LogP contribution in [0.15, 0.2) is 24.3 Å². The van der Waals surface area contributed by atoms with Crippen LogP contribution in [0.1, 0.15) is 13.8 Å². The van der Waals surface area contributed by atoms with Crippen LogP contribution in [0.3, 0.4) is 0 Å². The van der Waals surface area contributed by atoms with Crippen molar-refractivity contribution in [3.63, 3.8) is 0 Å². The van der Waals surface area contributed by atoms with Crippen molar-refractivity contribution in [2.45, 2.75) is 25.9 Å². The van der Waals surface area contributed by atoms with E-state index in [4.69, 9.17) is 0 Å². The van der Waals surface area contributed by atoms with E-state index in [-0.39, 0.29) is 17.8 Å². The number of nitrogens with zero attached hydrogens (tertiary/aromatic N) is 3. The third-order valence-corrected chi connectivity index (χ3v) is 5.02. The number of hydrogen-bond acceptors (Lipinski definition) is 4. The van der Waals surface area contributed by atoms with Crippen LogP contribution in [0.2, 0.25) is 0 Å². The highest BCUT2D eigenvalue weighted by Crippen LogP contribution is 2.20. The average Bonchev–Trinajstić information content (AvgIpc) is 2.62. The molecular formula is C18H27FN4O. The van der Waals surface area contributed by atoms with E-state index < -0.39 is 0 Å². The highest BCUT2D eigenvalue weighted by atomic mass is 19.1. The number of carbonyl (C=O) groups is 1. The van der Waals surface area contributed by atoms with E-state index in [9.17, 15) is 9.18 Å². The molecule has 0 unspecified atom stereocenters. The summed E-state index contributed by atoms with van der Waals surface area (Å²) < 4.78 is 13.9. The normalized spacial score (nSPS) is 22.9. The fourth-order valence-electron chi connectivity index (χ4n) is 3.50. The Balaban J connectivity index is 1.56. The predicted molar refractivity (Wildman–Crippen MR) is 93.7 cm³/mol. The first-order chi connectivity index (χ1) is 11.6. The van der Waals surface area contributed by atoms with Crippen LogP contribution in [-0.2, 0) is 4.79 Å². The van der Waals surface area contributed by atoms with Gasteiger partial charge in [-0.25, -0.2) is 4.39 Å². The van der Waals surface area contributed by atoms with Gasteiger partial charge in [-0.3, -0.25) is 9.69 Å². The molecule has 1 N–H and O–H groups in total. The Bertz CT molecular complexity index is 572. The molecule has 2 aliphatic rings. The Labute approximate surface area is 143 Å². The van der Waals surface area contributed by atoms with Crippen LogP contribution in [0, 0.1) is 5.82 Å². The largest absolute Gasteiger partial charge is 0.366 e. The fraction of sp³-hybridized carbons (Fsp3) is 0.611. The van der Waals surface area contributed by atoms with Crippen molar-refractivity contribution in [2.24, 2.45) is 0 Å². The second kappa shape index (κ2) is 7.49. The Kier molecular flexibility index (Phi) is 5.36. The minimum atomic E-state index is -0.196. The Hall–Kier alpha value is -1.66. The molecule has 1 aromatic rings. The molecule has 3 rings (SSSR count). The Morgan fingerprint density at radius 2 is 1.88 bits per heavy atom. The number of halogens is 1. The van der Waals surface area contributed by atoms with Gasteiger partial charge in [0.2, 0.25) is 5.91 Å². The van der Waals surface area contributed by atoms with Crippen LogP contribution >= 0.6 is 0 Å². The first-order valence-electron chi connectivity index (χ1n) is 8.82. The molecule has 0 aliphatic carbocycles. The first kappa shape index (κ1) is 17.2. The maximum atomic E-state index is 13.9. The van der Waals surface area contributed by atoms with Crippen molar-refractivity contribution in [3.05, 3.63) is 30.1 Å². The van der Waals surface area contributed by atoms with Crippen molar-refractivity contribution in [2.75, 3.05) is 50.7 Å². The van der Waals surface area contributed by atoms with Gasteiger partial charge in [0, 0.05) is 51.9 Å². The maximum Gasteiger partial charge on any atom is 0.241 e. The smallest absolute Gasteiger partial charge is 0.241 e. The van der Waals surface area contributed by atoms with Crippen molar-refractivity contribution in [3.8, 4) is 0 Å². The highest BCUT2D eigenvalue weighted by Gasteiger charge is 2.31. The molecule has 0 spiro atoms. The van der Waals surface area contributed by atoms with E-state index >= 15 is 0 Å². The van der Waals surface area contributed by atoms with E-state index in [1.165, 1.54) is 6.07 Å². The van der Waals surface area contributed by atoms with Gasteiger partial charge < -0.3 is 15.1 Å². The average molecular weight is 334 g/mol. The van der Waals surface area contributed by atoms with Gasteiger partial charge in [0.15, 0.2) is 0 Å². The summed E-state index contributed by atoms with van der Waals surface area (Å²) in [7, 11) is 0. The number of hydrogen-bond donors (Lipinski definition) is 1. The van der Waals surface area contributed by atoms with E-state index in [1.807, 2.05) is 15.9 Å². The summed E-state index contributed by atoms with van der Waals surface area (Å²) in [5.41, 5.74) is 0.631. The Morgan fingerprint density at radius 1 is 1.17 bits per heavy atom. The third-order valence-electron chi connectivity index (χ3n) is 5.02. The lowest BCUT2D eigenvalue weighted by atomic mass is 10.1. The lowest BCUT2D eigenvalue weighted by molar-refractivity contribution is -0.135. The molecule has 0 aromatic heterocycles. The lowest BCUT2D eigenvalue weighted by Crippen LogP contribution is -2.61. The van der Waals surface area contributed by atoms with Crippen LogP contribution < -0.4 is 10.2 Å². The van der Waals surface area contributed by atoms with Gasteiger partial charge in [0.1, 0.15) is 5.82 Å². The minimum Gasteiger partial charge on any atom is -0.366 e. The van der Waals surface area contributed by atoms with E-state index in [2.05, 4.69) is 24.1 Å². The van der Waals surface area contributed by atoms with Gasteiger partial charge in [0.05, 0.1) is 11.7 Å². The molecule has 2 heterocycles. The minimum absolute atomic E-state index is 0.124. The van der Waals surface area contributed by atoms with E-state index in [1.54, 1.807) is 12.1 Å². The van der Waals surface area contributed by atoms with Gasteiger partial charge >= 0.3 is 0 Å². The molecule has 132 valence electrons. The van der Waals surface area contributed by atoms with Crippen LogP contribution in [0.25, 0.3) is 0 Å². The van der Waals surface area contributed by atoms with Gasteiger partial charge in [-0.05, 0) is 26.0 Å². The zero-order chi connectivity index (χ0) is 17.1. The number of anilines is 1. The molecule has 5 nitrogen and oxygen atoms in total. The monoisotopic (exact) mass is 334 g/mol. The standard InChI is InChI=1S/C18H27FN4O/c1-14(2)23-8-7-20-16(13-23)18(24)22-11-9-21(10-12-22)17-6-4-3-5-15(17)19/h3-6,14,16,20H,7-13H2,1-2H3/t16-/m1/s1. The summed E-state index contributed by atoms with van der Waals surface area (Å²) >= 11 is 0. The molecule has 24 heavy (non-hydrogen) atoms. The van der Waals surface area contributed by atoms with Gasteiger partial charge in [-0.2, -0.15) is 0 Å². The van der Waals surface area contributed by atoms with Gasteiger partial charge in [0.25, 0.3) is 0 Å². The van der Waals surface area contributed by atoms with Crippen LogP contribution in [0.5, 0.6) is 0 Å². The zero-order valence-electron chi connectivity index (χ0n) is 14.5. The summed E-state index contributed by atoms with van der Waals surface area (Å²) in [4.78, 5) is 19.1. The first-order valence-corrected chi connectivity index (χ1v) is 8.82. The fourth-order valence-corrected chi connectivity index (χ4v) is 3.50. The van der Waals surface area contributed by atoms with Crippen molar-refractivity contribution in [1.82, 2.24) is 15.1 Å². The molecule has 2 fully saturated rings. The summed E-state index contributed by atoms with van der Waals surface area (Å²) in [5.74, 6) is -0.0210. The number of nitrogens with one attached hydrogen (secondary N) is 1. The number of rotatable bonds is 3. The van der Waals surface area contributed by atoms with Crippen LogP contribution in [-0.4, -0.2) is 73.6 Å². The number of piperazine rings is 2. The number of para-hydroxylation sites is 1. The maximum absolute atomic E-state index is 13.9. The summed E-state index contributed by atoms with van der Waals surface area (Å²) in [6, 6.07) is 7.17. The Morgan fingerprint density at radius 3 is 2.54 bits per heavy atom. The van der Waals surface area contributed by atoms with Crippen LogP contribution in [0.4, 0.5) is 10.1 Å². The quantitative estimate of drug-likeness (QED) is 0.900. The van der Waals surface area contributed by atoms with E-state index in [0.717, 1.165) is 19.6 Å². The molecule has 1 atom stereocenters. The zero-order valence-corrected chi connectivity index (χ0v) is 14.5. The summed E-state index contributed by atoms with van der Waals surface area (Å²) in [5, 5.41) is 3.35. The number of benzene rings is 1. The molecule has 1 aromatic carbocycles. The molecule has 6 heteroatoms. The lowest BCUT2D eigenvalue weighted by Gasteiger charge is -2.40. The van der Waals surface area contributed by atoms with Crippen molar-refractivity contribution >= 4 is 11.6 Å². The van der Waals surface area contributed by atoms with Gasteiger partial charge in [-0.15, -0.1) is 0 Å². The molecule has 2 saturated heterocycles. The number of carbonyl (C=O) groups excluding carboxylic acids is 1. The predicted octanol–water partition coefficient (Wildman–Crippen LogP) is 1.16. The molecular weight excluding hydrogens is 307 g/mol. The van der Waals surface area contributed by atoms with Crippen molar-refractivity contribution in [1.29, 1.82) is 0 Å². The highest BCUT2D eigenvalue weighted by molar-refractivity contribution is 5.82. The topological polar surface area (TPSA) is 38.8 Å². The van der Waals surface area contributed by atoms with Crippen molar-refractivity contribution < 1.29 is 9.18 Å². The second-order valence-electron chi connectivity index (χ2n) is 6.86. The molecule has 1 amide bonds. The molecule has 0 saturated carbocycles. The summed E-state index contributed by atoms with van der Waals surface area (Å²) in [6.07, 6.45) is 0. The van der Waals surface area contributed by atoms with E-state index in [0.29, 0.717) is 37.9 Å². The molecule has 0 radical (unpaired) electrons. The summed E-state index contributed by atoms with van der Waals surface area (Å²) in [6.45, 7) is 9.58. The third kappa shape index (κ3) is 3.70. The van der Waals surface area contributed by atoms with Gasteiger partial charge in [-0.1, -0.05) is 12.1 Å². The number of amides is 1. The molecule has 2 aliphatic heterocycles. The SMILES string of the molecule is CC(C)N1CCN[C@@H](C(=O)N2CCN(c3ccccc3F)CC2)C1. The molecule has 0 bridgehead atoms. The second-order valence-corrected chi connectivity index (χ2v) is 6.86.